The van der Waals surface area contributed by atoms with Crippen molar-refractivity contribution in [3.05, 3.63) is 29.6 Å². The Morgan fingerprint density at radius 1 is 1.13 bits per heavy atom. The summed E-state index contributed by atoms with van der Waals surface area (Å²) in [5.41, 5.74) is 0.175. The second kappa shape index (κ2) is 8.39. The highest BCUT2D eigenvalue weighted by Gasteiger charge is 2.49. The Hall–Kier alpha value is -2.19. The number of carbonyl (C=O) groups is 2. The molecule has 1 N–H and O–H groups in total. The zero-order valence-electron chi connectivity index (χ0n) is 17.6. The van der Waals surface area contributed by atoms with Gasteiger partial charge in [0.2, 0.25) is 5.91 Å². The van der Waals surface area contributed by atoms with Gasteiger partial charge in [-0.15, -0.1) is 0 Å². The molecular formula is C23H29FN2O5. The SMILES string of the molecule is O=C1COC[C@]2(CCCN3C(=O)COc4c(F)cccc4C4CCC(CC4)OC[C@@H]32)N1. The summed E-state index contributed by atoms with van der Waals surface area (Å²) in [6.07, 6.45) is 5.07. The fraction of sp³-hybridized carbons (Fsp3) is 0.652. The second-order valence-electron chi connectivity index (χ2n) is 9.16. The standard InChI is InChI=1S/C23H29FN2O5/c24-18-4-1-3-17-15-5-7-16(8-6-15)30-11-19-23(14-29-12-20(27)25-23)9-2-10-26(19)21(28)13-31-22(17)18/h1,3-4,15-16,19H,2,5-14H2,(H,25,27)/t15?,16?,19-,23+/m1/s1. The van der Waals surface area contributed by atoms with E-state index in [1.54, 1.807) is 11.0 Å². The molecule has 7 nitrogen and oxygen atoms in total. The number of nitrogens with zero attached hydrogens (tertiary/aromatic N) is 1. The van der Waals surface area contributed by atoms with Crippen LogP contribution in [-0.4, -0.2) is 67.4 Å². The lowest BCUT2D eigenvalue weighted by Gasteiger charge is -2.51. The molecule has 2 bridgehead atoms. The number of para-hydroxylation sites is 1. The van der Waals surface area contributed by atoms with Crippen LogP contribution in [0.1, 0.15) is 50.0 Å². The number of fused-ring (bicyclic) bond motifs is 5. The van der Waals surface area contributed by atoms with Crippen molar-refractivity contribution in [1.29, 1.82) is 0 Å². The number of ether oxygens (including phenoxy) is 3. The van der Waals surface area contributed by atoms with Gasteiger partial charge in [0.25, 0.3) is 5.91 Å². The van der Waals surface area contributed by atoms with Crippen molar-refractivity contribution < 1.29 is 28.2 Å². The van der Waals surface area contributed by atoms with Gasteiger partial charge in [-0.25, -0.2) is 4.39 Å². The first kappa shape index (κ1) is 20.7. The summed E-state index contributed by atoms with van der Waals surface area (Å²) in [4.78, 5) is 27.1. The van der Waals surface area contributed by atoms with Crippen LogP contribution in [0.4, 0.5) is 4.39 Å². The summed E-state index contributed by atoms with van der Waals surface area (Å²) in [5.74, 6) is -0.443. The maximum atomic E-state index is 14.7. The molecule has 2 saturated heterocycles. The van der Waals surface area contributed by atoms with Crippen molar-refractivity contribution in [2.75, 3.05) is 33.0 Å². The topological polar surface area (TPSA) is 77.1 Å². The lowest BCUT2D eigenvalue weighted by molar-refractivity contribution is -0.156. The van der Waals surface area contributed by atoms with Gasteiger partial charge in [0, 0.05) is 12.1 Å². The van der Waals surface area contributed by atoms with E-state index in [1.807, 2.05) is 6.07 Å². The molecule has 2 atom stereocenters. The van der Waals surface area contributed by atoms with Crippen LogP contribution in [0.15, 0.2) is 18.2 Å². The number of piperidine rings is 1. The molecule has 1 spiro atoms. The van der Waals surface area contributed by atoms with Crippen LogP contribution in [0.3, 0.4) is 0 Å². The Kier molecular flexibility index (Phi) is 5.60. The smallest absolute Gasteiger partial charge is 0.260 e. The Morgan fingerprint density at radius 3 is 2.77 bits per heavy atom. The number of carbonyl (C=O) groups excluding carboxylic acids is 2. The Labute approximate surface area is 181 Å². The number of nitrogens with one attached hydrogen (secondary N) is 1. The lowest BCUT2D eigenvalue weighted by atomic mass is 9.80. The van der Waals surface area contributed by atoms with Gasteiger partial charge in [-0.3, -0.25) is 9.59 Å². The summed E-state index contributed by atoms with van der Waals surface area (Å²) in [6.45, 7) is 1.02. The van der Waals surface area contributed by atoms with Gasteiger partial charge in [0.05, 0.1) is 30.9 Å². The molecule has 1 aromatic rings. The molecule has 6 rings (SSSR count). The number of rotatable bonds is 0. The molecular weight excluding hydrogens is 403 g/mol. The van der Waals surface area contributed by atoms with E-state index in [4.69, 9.17) is 14.2 Å². The molecule has 1 aliphatic carbocycles. The van der Waals surface area contributed by atoms with Crippen LogP contribution in [0, 0.1) is 5.82 Å². The molecule has 0 unspecified atom stereocenters. The van der Waals surface area contributed by atoms with Gasteiger partial charge in [0.15, 0.2) is 18.2 Å². The molecule has 2 amide bonds. The van der Waals surface area contributed by atoms with Gasteiger partial charge >= 0.3 is 0 Å². The zero-order chi connectivity index (χ0) is 21.4. The molecule has 4 aliphatic heterocycles. The van der Waals surface area contributed by atoms with Crippen molar-refractivity contribution in [1.82, 2.24) is 10.2 Å². The molecule has 0 aromatic heterocycles. The van der Waals surface area contributed by atoms with Crippen LogP contribution in [0.5, 0.6) is 5.75 Å². The second-order valence-corrected chi connectivity index (χ2v) is 9.16. The molecule has 0 radical (unpaired) electrons. The Morgan fingerprint density at radius 2 is 1.97 bits per heavy atom. The fourth-order valence-corrected chi connectivity index (χ4v) is 5.71. The third kappa shape index (κ3) is 3.91. The minimum Gasteiger partial charge on any atom is -0.480 e. The molecule has 3 fully saturated rings. The number of halogens is 1. The largest absolute Gasteiger partial charge is 0.480 e. The minimum atomic E-state index is -0.663. The maximum absolute atomic E-state index is 14.7. The summed E-state index contributed by atoms with van der Waals surface area (Å²) in [7, 11) is 0. The highest BCUT2D eigenvalue weighted by atomic mass is 19.1. The van der Waals surface area contributed by atoms with Gasteiger partial charge in [-0.1, -0.05) is 12.1 Å². The summed E-state index contributed by atoms with van der Waals surface area (Å²) < 4.78 is 32.4. The van der Waals surface area contributed by atoms with Crippen LogP contribution in [-0.2, 0) is 19.1 Å². The van der Waals surface area contributed by atoms with Gasteiger partial charge in [-0.05, 0) is 50.5 Å². The minimum absolute atomic E-state index is 0.0342. The predicted octanol–water partition coefficient (Wildman–Crippen LogP) is 2.14. The molecule has 1 saturated carbocycles. The van der Waals surface area contributed by atoms with Crippen molar-refractivity contribution in [3.8, 4) is 5.75 Å². The third-order valence-electron chi connectivity index (χ3n) is 7.28. The molecule has 8 heteroatoms. The molecule has 168 valence electrons. The molecule has 31 heavy (non-hydrogen) atoms. The van der Waals surface area contributed by atoms with E-state index in [1.165, 1.54) is 6.07 Å². The number of hydrogen-bond acceptors (Lipinski definition) is 5. The van der Waals surface area contributed by atoms with Crippen LogP contribution < -0.4 is 10.1 Å². The lowest BCUT2D eigenvalue weighted by Crippen LogP contribution is -2.72. The van der Waals surface area contributed by atoms with Crippen molar-refractivity contribution in [2.24, 2.45) is 0 Å². The highest BCUT2D eigenvalue weighted by Crippen LogP contribution is 2.40. The molecule has 5 aliphatic rings. The first-order valence-electron chi connectivity index (χ1n) is 11.3. The molecule has 4 heterocycles. The van der Waals surface area contributed by atoms with E-state index in [2.05, 4.69) is 5.32 Å². The highest BCUT2D eigenvalue weighted by molar-refractivity contribution is 5.81. The normalized spacial score (nSPS) is 34.0. The van der Waals surface area contributed by atoms with E-state index in [0.29, 0.717) is 19.8 Å². The van der Waals surface area contributed by atoms with Gasteiger partial charge in [0.1, 0.15) is 6.61 Å². The Bertz CT molecular complexity index is 852. The third-order valence-corrected chi connectivity index (χ3v) is 7.28. The van der Waals surface area contributed by atoms with E-state index in [-0.39, 0.29) is 48.8 Å². The maximum Gasteiger partial charge on any atom is 0.260 e. The predicted molar refractivity (Wildman–Crippen MR) is 109 cm³/mol. The summed E-state index contributed by atoms with van der Waals surface area (Å²) >= 11 is 0. The number of amides is 2. The Balaban J connectivity index is 1.48. The van der Waals surface area contributed by atoms with E-state index >= 15 is 0 Å². The summed E-state index contributed by atoms with van der Waals surface area (Å²) in [5, 5.41) is 3.10. The van der Waals surface area contributed by atoms with Crippen LogP contribution in [0.25, 0.3) is 0 Å². The zero-order valence-corrected chi connectivity index (χ0v) is 17.6. The van der Waals surface area contributed by atoms with Crippen LogP contribution >= 0.6 is 0 Å². The van der Waals surface area contributed by atoms with Gasteiger partial charge < -0.3 is 24.4 Å². The quantitative estimate of drug-likeness (QED) is 0.680. The first-order valence-corrected chi connectivity index (χ1v) is 11.3. The van der Waals surface area contributed by atoms with Gasteiger partial charge in [-0.2, -0.15) is 0 Å². The average Bonchev–Trinajstić information content (AvgIpc) is 2.78. The first-order chi connectivity index (χ1) is 15.1. The van der Waals surface area contributed by atoms with E-state index in [0.717, 1.165) is 44.1 Å². The van der Waals surface area contributed by atoms with E-state index in [9.17, 15) is 14.0 Å². The van der Waals surface area contributed by atoms with Crippen LogP contribution in [0.2, 0.25) is 0 Å². The van der Waals surface area contributed by atoms with E-state index < -0.39 is 11.4 Å². The fourth-order valence-electron chi connectivity index (χ4n) is 5.71. The van der Waals surface area contributed by atoms with Crippen molar-refractivity contribution in [3.63, 3.8) is 0 Å². The number of hydrogen-bond donors (Lipinski definition) is 1. The molecule has 1 aromatic carbocycles. The monoisotopic (exact) mass is 432 g/mol. The van der Waals surface area contributed by atoms with Crippen molar-refractivity contribution in [2.45, 2.75) is 62.1 Å². The summed E-state index contributed by atoms with van der Waals surface area (Å²) in [6, 6.07) is 4.64. The number of benzene rings is 1. The number of morpholine rings is 1. The van der Waals surface area contributed by atoms with Crippen molar-refractivity contribution >= 4 is 11.8 Å². The average molecular weight is 432 g/mol.